The van der Waals surface area contributed by atoms with E-state index in [1.54, 1.807) is 17.6 Å². The SMILES string of the molecule is Cc1cncc([C@@H]2CCON2C(=O)C2CCN(c3ccncn3)CC2)c1. The summed E-state index contributed by atoms with van der Waals surface area (Å²) in [6.45, 7) is 4.22. The lowest BCUT2D eigenvalue weighted by Gasteiger charge is -2.34. The molecule has 2 aromatic heterocycles. The zero-order valence-corrected chi connectivity index (χ0v) is 14.9. The number of pyridine rings is 1. The Kier molecular flexibility index (Phi) is 4.79. The van der Waals surface area contributed by atoms with Gasteiger partial charge >= 0.3 is 0 Å². The first-order chi connectivity index (χ1) is 12.7. The Labute approximate surface area is 153 Å². The maximum absolute atomic E-state index is 13.0. The lowest BCUT2D eigenvalue weighted by Crippen LogP contribution is -2.42. The van der Waals surface area contributed by atoms with Gasteiger partial charge in [-0.25, -0.2) is 15.0 Å². The van der Waals surface area contributed by atoms with Crippen molar-refractivity contribution in [2.45, 2.75) is 32.2 Å². The van der Waals surface area contributed by atoms with Crippen LogP contribution in [0.5, 0.6) is 0 Å². The minimum Gasteiger partial charge on any atom is -0.356 e. The molecule has 26 heavy (non-hydrogen) atoms. The summed E-state index contributed by atoms with van der Waals surface area (Å²) in [6, 6.07) is 3.96. The quantitative estimate of drug-likeness (QED) is 0.843. The van der Waals surface area contributed by atoms with Crippen LogP contribution in [0.2, 0.25) is 0 Å². The fraction of sp³-hybridized carbons (Fsp3) is 0.474. The third-order valence-electron chi connectivity index (χ3n) is 5.14. The van der Waals surface area contributed by atoms with E-state index in [0.717, 1.165) is 49.3 Å². The highest BCUT2D eigenvalue weighted by Crippen LogP contribution is 2.33. The third kappa shape index (κ3) is 3.39. The van der Waals surface area contributed by atoms with Crippen LogP contribution < -0.4 is 4.90 Å². The summed E-state index contributed by atoms with van der Waals surface area (Å²) in [5, 5.41) is 1.60. The van der Waals surface area contributed by atoms with Crippen LogP contribution in [0.4, 0.5) is 5.82 Å². The average Bonchev–Trinajstić information content (AvgIpc) is 3.18. The lowest BCUT2D eigenvalue weighted by molar-refractivity contribution is -0.182. The number of hydrogen-bond acceptors (Lipinski definition) is 6. The maximum atomic E-state index is 13.0. The smallest absolute Gasteiger partial charge is 0.249 e. The highest BCUT2D eigenvalue weighted by atomic mass is 16.7. The van der Waals surface area contributed by atoms with E-state index in [2.05, 4.69) is 25.9 Å². The van der Waals surface area contributed by atoms with Crippen LogP contribution in [0.25, 0.3) is 0 Å². The van der Waals surface area contributed by atoms with Gasteiger partial charge in [0.05, 0.1) is 12.6 Å². The molecule has 2 aromatic rings. The Morgan fingerprint density at radius 1 is 1.19 bits per heavy atom. The molecule has 0 saturated carbocycles. The number of aryl methyl sites for hydroxylation is 1. The van der Waals surface area contributed by atoms with Gasteiger partial charge in [0.25, 0.3) is 0 Å². The Morgan fingerprint density at radius 2 is 2.04 bits per heavy atom. The van der Waals surface area contributed by atoms with Crippen LogP contribution in [0, 0.1) is 12.8 Å². The molecule has 0 aliphatic carbocycles. The molecule has 0 radical (unpaired) electrons. The summed E-state index contributed by atoms with van der Waals surface area (Å²) in [5.41, 5.74) is 2.15. The third-order valence-corrected chi connectivity index (χ3v) is 5.14. The summed E-state index contributed by atoms with van der Waals surface area (Å²) in [5.74, 6) is 1.01. The topological polar surface area (TPSA) is 71.5 Å². The van der Waals surface area contributed by atoms with Gasteiger partial charge in [0.15, 0.2) is 0 Å². The Morgan fingerprint density at radius 3 is 2.77 bits per heavy atom. The predicted molar refractivity (Wildman–Crippen MR) is 96.1 cm³/mol. The number of nitrogens with zero attached hydrogens (tertiary/aromatic N) is 5. The van der Waals surface area contributed by atoms with E-state index in [1.165, 1.54) is 0 Å². The second kappa shape index (κ2) is 7.37. The van der Waals surface area contributed by atoms with Gasteiger partial charge in [-0.15, -0.1) is 0 Å². The van der Waals surface area contributed by atoms with Crippen molar-refractivity contribution in [3.63, 3.8) is 0 Å². The van der Waals surface area contributed by atoms with Crippen LogP contribution in [-0.4, -0.2) is 45.6 Å². The highest BCUT2D eigenvalue weighted by molar-refractivity contribution is 5.79. The van der Waals surface area contributed by atoms with Gasteiger partial charge in [0, 0.05) is 44.0 Å². The average molecular weight is 353 g/mol. The summed E-state index contributed by atoms with van der Waals surface area (Å²) in [7, 11) is 0. The molecule has 1 atom stereocenters. The van der Waals surface area contributed by atoms with Gasteiger partial charge < -0.3 is 4.90 Å². The zero-order chi connectivity index (χ0) is 17.9. The van der Waals surface area contributed by atoms with Crippen molar-refractivity contribution in [3.8, 4) is 0 Å². The Bertz CT molecular complexity index is 762. The number of carbonyl (C=O) groups is 1. The number of piperidine rings is 1. The van der Waals surface area contributed by atoms with E-state index >= 15 is 0 Å². The van der Waals surface area contributed by atoms with Gasteiger partial charge in [-0.05, 0) is 37.0 Å². The molecule has 136 valence electrons. The van der Waals surface area contributed by atoms with Crippen molar-refractivity contribution in [2.24, 2.45) is 5.92 Å². The van der Waals surface area contributed by atoms with Crippen molar-refractivity contribution in [1.29, 1.82) is 0 Å². The molecule has 7 heteroatoms. The standard InChI is InChI=1S/C19H23N5O2/c1-14-10-16(12-21-11-14)17-5-9-26-24(17)19(25)15-3-7-23(8-4-15)18-2-6-20-13-22-18/h2,6,10-13,15,17H,3-5,7-9H2,1H3/t17-/m0/s1. The summed E-state index contributed by atoms with van der Waals surface area (Å²) < 4.78 is 0. The molecule has 0 bridgehead atoms. The molecule has 0 spiro atoms. The number of hydroxylamine groups is 2. The monoisotopic (exact) mass is 353 g/mol. The van der Waals surface area contributed by atoms with Gasteiger partial charge in [-0.3, -0.25) is 14.6 Å². The maximum Gasteiger partial charge on any atom is 0.249 e. The second-order valence-electron chi connectivity index (χ2n) is 6.93. The molecule has 2 aliphatic heterocycles. The first-order valence-corrected chi connectivity index (χ1v) is 9.11. The number of amides is 1. The molecule has 4 heterocycles. The van der Waals surface area contributed by atoms with Crippen molar-refractivity contribution in [2.75, 3.05) is 24.6 Å². The number of hydrogen-bond donors (Lipinski definition) is 0. The van der Waals surface area contributed by atoms with Crippen LogP contribution >= 0.6 is 0 Å². The first kappa shape index (κ1) is 16.9. The van der Waals surface area contributed by atoms with E-state index in [4.69, 9.17) is 4.84 Å². The van der Waals surface area contributed by atoms with Crippen molar-refractivity contribution < 1.29 is 9.63 Å². The summed E-state index contributed by atoms with van der Waals surface area (Å²) in [4.78, 5) is 33.5. The minimum atomic E-state index is -0.0326. The van der Waals surface area contributed by atoms with E-state index in [-0.39, 0.29) is 17.9 Å². The number of rotatable bonds is 3. The van der Waals surface area contributed by atoms with E-state index < -0.39 is 0 Å². The fourth-order valence-corrected chi connectivity index (χ4v) is 3.76. The van der Waals surface area contributed by atoms with Crippen LogP contribution in [0.1, 0.15) is 36.4 Å². The van der Waals surface area contributed by atoms with Gasteiger partial charge in [0.2, 0.25) is 5.91 Å². The van der Waals surface area contributed by atoms with E-state index in [9.17, 15) is 4.79 Å². The first-order valence-electron chi connectivity index (χ1n) is 9.11. The molecular formula is C19H23N5O2. The minimum absolute atomic E-state index is 0.00791. The summed E-state index contributed by atoms with van der Waals surface area (Å²) >= 11 is 0. The Balaban J connectivity index is 1.41. The predicted octanol–water partition coefficient (Wildman–Crippen LogP) is 2.30. The van der Waals surface area contributed by atoms with Crippen molar-refractivity contribution in [3.05, 3.63) is 48.2 Å². The molecule has 1 amide bonds. The molecular weight excluding hydrogens is 330 g/mol. The molecule has 0 aromatic carbocycles. The molecule has 0 unspecified atom stereocenters. The largest absolute Gasteiger partial charge is 0.356 e. The highest BCUT2D eigenvalue weighted by Gasteiger charge is 2.37. The van der Waals surface area contributed by atoms with Crippen LogP contribution in [0.15, 0.2) is 37.1 Å². The van der Waals surface area contributed by atoms with Crippen molar-refractivity contribution in [1.82, 2.24) is 20.0 Å². The summed E-state index contributed by atoms with van der Waals surface area (Å²) in [6.07, 6.45) is 9.40. The molecule has 0 N–H and O–H groups in total. The number of carbonyl (C=O) groups excluding carboxylic acids is 1. The Hall–Kier alpha value is -2.54. The molecule has 2 fully saturated rings. The fourth-order valence-electron chi connectivity index (χ4n) is 3.76. The lowest BCUT2D eigenvalue weighted by atomic mass is 9.94. The second-order valence-corrected chi connectivity index (χ2v) is 6.93. The molecule has 4 rings (SSSR count). The van der Waals surface area contributed by atoms with Crippen LogP contribution in [-0.2, 0) is 9.63 Å². The van der Waals surface area contributed by atoms with Crippen molar-refractivity contribution >= 4 is 11.7 Å². The number of aromatic nitrogens is 3. The van der Waals surface area contributed by atoms with Crippen LogP contribution in [0.3, 0.4) is 0 Å². The van der Waals surface area contributed by atoms with Gasteiger partial charge in [-0.1, -0.05) is 6.07 Å². The number of anilines is 1. The zero-order valence-electron chi connectivity index (χ0n) is 14.9. The van der Waals surface area contributed by atoms with E-state index in [1.807, 2.05) is 25.4 Å². The van der Waals surface area contributed by atoms with Gasteiger partial charge in [-0.2, -0.15) is 0 Å². The normalized spacial score (nSPS) is 21.2. The molecule has 2 aliphatic rings. The van der Waals surface area contributed by atoms with E-state index in [0.29, 0.717) is 6.61 Å². The van der Waals surface area contributed by atoms with Gasteiger partial charge in [0.1, 0.15) is 12.1 Å². The molecule has 2 saturated heterocycles. The molecule has 7 nitrogen and oxygen atoms in total.